The van der Waals surface area contributed by atoms with E-state index >= 15 is 0 Å². The van der Waals surface area contributed by atoms with Crippen LogP contribution in [0.25, 0.3) is 22.3 Å². The number of fused-ring (bicyclic) bond motifs is 5. The maximum Gasteiger partial charge on any atom is 0.356 e. The number of methoxy groups -OCH3 is 2. The molecular weight excluding hydrogens is 416 g/mol. The van der Waals surface area contributed by atoms with E-state index < -0.39 is 35.3 Å². The van der Waals surface area contributed by atoms with Crippen molar-refractivity contribution in [2.24, 2.45) is 0 Å². The molecule has 2 aromatic carbocycles. The Balaban J connectivity index is 1.96. The van der Waals surface area contributed by atoms with Crippen molar-refractivity contribution < 1.29 is 19.1 Å². The van der Waals surface area contributed by atoms with Gasteiger partial charge in [-0.2, -0.15) is 4.68 Å². The van der Waals surface area contributed by atoms with E-state index in [0.717, 1.165) is 21.0 Å². The van der Waals surface area contributed by atoms with Gasteiger partial charge in [0.05, 0.1) is 31.3 Å². The van der Waals surface area contributed by atoms with Crippen LogP contribution in [0.3, 0.4) is 0 Å². The molecule has 0 unspecified atom stereocenters. The largest absolute Gasteiger partial charge is 0.468 e. The smallest absolute Gasteiger partial charge is 0.356 e. The molecule has 1 aliphatic heterocycles. The van der Waals surface area contributed by atoms with Gasteiger partial charge in [0.25, 0.3) is 0 Å². The highest BCUT2D eigenvalue weighted by molar-refractivity contribution is 5.96. The molecule has 1 N–H and O–H groups in total. The summed E-state index contributed by atoms with van der Waals surface area (Å²) in [6, 6.07) is 14.0. The van der Waals surface area contributed by atoms with Crippen molar-refractivity contribution in [3.8, 4) is 11.4 Å². The van der Waals surface area contributed by atoms with E-state index in [1.165, 1.54) is 7.11 Å². The molecule has 5 rings (SSSR count). The van der Waals surface area contributed by atoms with Crippen LogP contribution >= 0.6 is 0 Å². The highest BCUT2D eigenvalue weighted by atomic mass is 16.5. The summed E-state index contributed by atoms with van der Waals surface area (Å²) in [5, 5.41) is 0.612. The topological polar surface area (TPSA) is 117 Å². The monoisotopic (exact) mass is 434 g/mol. The van der Waals surface area contributed by atoms with Crippen molar-refractivity contribution in [3.63, 3.8) is 0 Å². The number of aromatic amines is 1. The van der Waals surface area contributed by atoms with Gasteiger partial charge in [-0.3, -0.25) is 4.79 Å². The lowest BCUT2D eigenvalue weighted by atomic mass is 9.93. The first-order chi connectivity index (χ1) is 15.5. The number of aromatic nitrogens is 4. The maximum absolute atomic E-state index is 13.6. The highest BCUT2D eigenvalue weighted by Gasteiger charge is 2.48. The highest BCUT2D eigenvalue weighted by Crippen LogP contribution is 2.41. The molecule has 0 amide bonds. The van der Waals surface area contributed by atoms with Crippen LogP contribution in [-0.4, -0.2) is 45.1 Å². The van der Waals surface area contributed by atoms with Gasteiger partial charge in [-0.15, -0.1) is 0 Å². The molecule has 4 aromatic rings. The average molecular weight is 434 g/mol. The van der Waals surface area contributed by atoms with Gasteiger partial charge in [-0.1, -0.05) is 36.4 Å². The molecule has 0 fully saturated rings. The molecule has 32 heavy (non-hydrogen) atoms. The Labute approximate surface area is 180 Å². The maximum atomic E-state index is 13.6. The molecule has 0 radical (unpaired) electrons. The number of ether oxygens (including phenoxy) is 2. The Morgan fingerprint density at radius 2 is 1.53 bits per heavy atom. The van der Waals surface area contributed by atoms with Gasteiger partial charge < -0.3 is 14.5 Å². The van der Waals surface area contributed by atoms with Crippen LogP contribution in [-0.2, 0) is 19.1 Å². The van der Waals surface area contributed by atoms with Crippen LogP contribution < -0.4 is 11.4 Å². The molecular formula is C22H18N4O6. The van der Waals surface area contributed by atoms with Crippen molar-refractivity contribution in [3.05, 3.63) is 81.3 Å². The van der Waals surface area contributed by atoms with E-state index in [0.29, 0.717) is 28.0 Å². The molecule has 10 heteroatoms. The summed E-state index contributed by atoms with van der Waals surface area (Å²) >= 11 is 0. The Hall–Kier alpha value is -4.34. The number of nitrogens with one attached hydrogen (secondary N) is 1. The number of esters is 2. The summed E-state index contributed by atoms with van der Waals surface area (Å²) in [5.74, 6) is -2.82. The third kappa shape index (κ3) is 2.52. The second-order valence-corrected chi connectivity index (χ2v) is 7.29. The lowest BCUT2D eigenvalue weighted by molar-refractivity contribution is -0.154. The summed E-state index contributed by atoms with van der Waals surface area (Å²) in [4.78, 5) is 56.0. The number of H-pyrrole nitrogens is 1. The van der Waals surface area contributed by atoms with Crippen LogP contribution in [0.5, 0.6) is 0 Å². The molecule has 10 nitrogen and oxygen atoms in total. The number of para-hydroxylation sites is 2. The minimum absolute atomic E-state index is 0.292. The minimum Gasteiger partial charge on any atom is -0.468 e. The molecule has 0 saturated carbocycles. The molecule has 0 bridgehead atoms. The van der Waals surface area contributed by atoms with Crippen LogP contribution in [0.2, 0.25) is 0 Å². The van der Waals surface area contributed by atoms with E-state index in [1.807, 2.05) is 0 Å². The number of hydrogen-bond acceptors (Lipinski definition) is 6. The third-order valence-corrected chi connectivity index (χ3v) is 5.70. The second-order valence-electron chi connectivity index (χ2n) is 7.29. The van der Waals surface area contributed by atoms with Gasteiger partial charge in [0.15, 0.2) is 6.04 Å². The summed E-state index contributed by atoms with van der Waals surface area (Å²) in [6.07, 6.45) is 0. The second kappa shape index (κ2) is 7.12. The average Bonchev–Trinajstić information content (AvgIpc) is 3.32. The van der Waals surface area contributed by atoms with Crippen molar-refractivity contribution in [1.82, 2.24) is 18.9 Å². The summed E-state index contributed by atoms with van der Waals surface area (Å²) in [5.41, 5.74) is 0.117. The first-order valence-electron chi connectivity index (χ1n) is 9.78. The molecule has 162 valence electrons. The van der Waals surface area contributed by atoms with E-state index in [1.54, 1.807) is 54.6 Å². The Bertz CT molecular complexity index is 1490. The Morgan fingerprint density at radius 1 is 0.875 bits per heavy atom. The van der Waals surface area contributed by atoms with Gasteiger partial charge in [0.2, 0.25) is 0 Å². The van der Waals surface area contributed by atoms with Crippen molar-refractivity contribution >= 4 is 22.8 Å². The Kier molecular flexibility index (Phi) is 4.36. The SMILES string of the molecule is COC(=O)[C@H]1c2[nH]c3ccccc3c2-n2c(=O)n(-c3ccccc3)c(=O)n2[C@H]1C(=O)OC. The first kappa shape index (κ1) is 19.6. The summed E-state index contributed by atoms with van der Waals surface area (Å²) in [6.45, 7) is 0. The van der Waals surface area contributed by atoms with Crippen molar-refractivity contribution in [1.29, 1.82) is 0 Å². The van der Waals surface area contributed by atoms with Crippen LogP contribution in [0.15, 0.2) is 64.2 Å². The molecule has 0 spiro atoms. The predicted molar refractivity (Wildman–Crippen MR) is 113 cm³/mol. The van der Waals surface area contributed by atoms with Crippen molar-refractivity contribution in [2.45, 2.75) is 12.0 Å². The van der Waals surface area contributed by atoms with Gasteiger partial charge in [-0.25, -0.2) is 23.6 Å². The molecule has 1 aliphatic rings. The third-order valence-electron chi connectivity index (χ3n) is 5.70. The van der Waals surface area contributed by atoms with E-state index in [-0.39, 0.29) is 0 Å². The normalized spacial score (nSPS) is 16.9. The lowest BCUT2D eigenvalue weighted by Gasteiger charge is -2.29. The first-order valence-corrected chi connectivity index (χ1v) is 9.78. The summed E-state index contributed by atoms with van der Waals surface area (Å²) < 4.78 is 13.0. The number of rotatable bonds is 3. The molecule has 0 aliphatic carbocycles. The van der Waals surface area contributed by atoms with Gasteiger partial charge >= 0.3 is 23.3 Å². The van der Waals surface area contributed by atoms with Gasteiger partial charge in [-0.05, 0) is 18.2 Å². The molecule has 2 atom stereocenters. The zero-order chi connectivity index (χ0) is 22.6. The van der Waals surface area contributed by atoms with Crippen LogP contribution in [0, 0.1) is 0 Å². The predicted octanol–water partition coefficient (Wildman–Crippen LogP) is 1.26. The van der Waals surface area contributed by atoms with Crippen LogP contribution in [0.1, 0.15) is 17.7 Å². The van der Waals surface area contributed by atoms with E-state index in [4.69, 9.17) is 9.47 Å². The quantitative estimate of drug-likeness (QED) is 0.485. The molecule has 3 heterocycles. The number of benzene rings is 2. The minimum atomic E-state index is -1.45. The lowest BCUT2D eigenvalue weighted by Crippen LogP contribution is -2.44. The zero-order valence-corrected chi connectivity index (χ0v) is 17.1. The molecule has 2 aromatic heterocycles. The zero-order valence-electron chi connectivity index (χ0n) is 17.1. The Morgan fingerprint density at radius 3 is 2.22 bits per heavy atom. The number of nitrogens with zero attached hydrogens (tertiary/aromatic N) is 3. The van der Waals surface area contributed by atoms with Gasteiger partial charge in [0.1, 0.15) is 5.92 Å². The fraction of sp³-hybridized carbons (Fsp3) is 0.182. The standard InChI is InChI=1S/C22H18N4O6/c1-31-19(27)15-16-17(13-10-6-7-11-14(13)23-16)25-21(29)24(12-8-4-3-5-9-12)22(30)26(25)18(15)20(28)32-2/h3-11,15,18,23H,1-2H3/t15-,18+/m0/s1. The molecule has 0 saturated heterocycles. The fourth-order valence-electron chi connectivity index (χ4n) is 4.33. The summed E-state index contributed by atoms with van der Waals surface area (Å²) in [7, 11) is 2.34. The van der Waals surface area contributed by atoms with Crippen molar-refractivity contribution in [2.75, 3.05) is 14.2 Å². The van der Waals surface area contributed by atoms with Gasteiger partial charge in [0, 0.05) is 10.9 Å². The number of carbonyl (C=O) groups excluding carboxylic acids is 2. The van der Waals surface area contributed by atoms with Crippen LogP contribution in [0.4, 0.5) is 0 Å². The number of hydrogen-bond donors (Lipinski definition) is 1. The fourth-order valence-corrected chi connectivity index (χ4v) is 4.33. The van der Waals surface area contributed by atoms with E-state index in [2.05, 4.69) is 4.98 Å². The van der Waals surface area contributed by atoms with E-state index in [9.17, 15) is 19.2 Å². The number of carbonyl (C=O) groups is 2.